The van der Waals surface area contributed by atoms with E-state index >= 15 is 0 Å². The number of fused-ring (bicyclic) bond motifs is 3. The normalized spacial score (nSPS) is 13.5. The van der Waals surface area contributed by atoms with Gasteiger partial charge in [0.2, 0.25) is 0 Å². The van der Waals surface area contributed by atoms with Crippen molar-refractivity contribution in [2.24, 2.45) is 10.8 Å². The molecule has 3 aromatic rings. The Morgan fingerprint density at radius 1 is 0.971 bits per heavy atom. The van der Waals surface area contributed by atoms with Crippen LogP contribution in [0.5, 0.6) is 0 Å². The van der Waals surface area contributed by atoms with E-state index in [1.54, 1.807) is 0 Å². The molecule has 1 heterocycles. The summed E-state index contributed by atoms with van der Waals surface area (Å²) in [6.07, 6.45) is 5.60. The summed E-state index contributed by atoms with van der Waals surface area (Å²) < 4.78 is 1.92. The van der Waals surface area contributed by atoms with Crippen LogP contribution in [-0.4, -0.2) is 27.0 Å². The number of benzene rings is 3. The molecule has 0 bridgehead atoms. The first-order valence-corrected chi connectivity index (χ1v) is 11.5. The third kappa shape index (κ3) is 6.81. The minimum absolute atomic E-state index is 0. The van der Waals surface area contributed by atoms with E-state index in [1.165, 1.54) is 28.0 Å². The van der Waals surface area contributed by atoms with Crippen LogP contribution in [0.3, 0.4) is 0 Å². The maximum absolute atomic E-state index is 9.60. The van der Waals surface area contributed by atoms with Crippen LogP contribution in [0, 0.1) is 22.9 Å². The number of ketones is 1. The molecule has 0 atom stereocenters. The van der Waals surface area contributed by atoms with E-state index in [2.05, 4.69) is 61.3 Å². The number of rotatable bonds is 2. The van der Waals surface area contributed by atoms with Gasteiger partial charge in [-0.1, -0.05) is 73.7 Å². The quantitative estimate of drug-likeness (QED) is 0.103. The molecule has 2 N–H and O–H groups in total. The van der Waals surface area contributed by atoms with Crippen molar-refractivity contribution in [1.82, 2.24) is 0 Å². The summed E-state index contributed by atoms with van der Waals surface area (Å²) in [4.78, 5) is 9.60. The molecule has 185 valence electrons. The van der Waals surface area contributed by atoms with Gasteiger partial charge in [-0.05, 0) is 26.2 Å². The number of nitrogens with zero attached hydrogens (tertiary/aromatic N) is 1. The zero-order chi connectivity index (χ0) is 25.1. The van der Waals surface area contributed by atoms with Gasteiger partial charge in [0, 0.05) is 32.2 Å². The van der Waals surface area contributed by atoms with Gasteiger partial charge in [0.15, 0.2) is 0 Å². The van der Waals surface area contributed by atoms with Crippen molar-refractivity contribution in [3.8, 4) is 0 Å². The second-order valence-corrected chi connectivity index (χ2v) is 10.6. The van der Waals surface area contributed by atoms with Gasteiger partial charge in [-0.3, -0.25) is 4.79 Å². The number of hydrogen-bond donors (Lipinski definition) is 1. The van der Waals surface area contributed by atoms with Crippen molar-refractivity contribution in [1.29, 1.82) is 0 Å². The Morgan fingerprint density at radius 3 is 2.23 bits per heavy atom. The van der Waals surface area contributed by atoms with Crippen molar-refractivity contribution >= 4 is 29.3 Å². The first-order chi connectivity index (χ1) is 15.9. The van der Waals surface area contributed by atoms with Gasteiger partial charge < -0.3 is 9.68 Å². The molecule has 0 amide bonds. The average molecular weight is 646 g/mol. The molecule has 1 aliphatic rings. The molecule has 0 spiro atoms. The van der Waals surface area contributed by atoms with E-state index in [4.69, 9.17) is 0 Å². The molecule has 0 aromatic heterocycles. The molecule has 0 fully saturated rings. The molecule has 0 aliphatic carbocycles. The van der Waals surface area contributed by atoms with Crippen molar-refractivity contribution < 1.29 is 34.6 Å². The van der Waals surface area contributed by atoms with E-state index < -0.39 is 0 Å². The molecule has 1 aliphatic heterocycles. The summed E-state index contributed by atoms with van der Waals surface area (Å²) in [6, 6.07) is 25.3. The largest absolute Gasteiger partial charge is 0.511 e. The van der Waals surface area contributed by atoms with Crippen molar-refractivity contribution in [3.63, 3.8) is 0 Å². The van der Waals surface area contributed by atoms with Gasteiger partial charge in [-0.25, -0.2) is 0 Å². The number of hydrogen-bond acceptors (Lipinski definition) is 1. The Labute approximate surface area is 223 Å². The van der Waals surface area contributed by atoms with Gasteiger partial charge in [0.1, 0.15) is 5.76 Å². The smallest absolute Gasteiger partial charge is 0.325 e. The molecular weight excluding hydrogens is 611 g/mol. The van der Waals surface area contributed by atoms with Crippen LogP contribution in [0.15, 0.2) is 78.7 Å². The Balaban J connectivity index is 0.000000271. The van der Waals surface area contributed by atoms with Crippen molar-refractivity contribution in [2.45, 2.75) is 41.5 Å². The van der Waals surface area contributed by atoms with E-state index in [1.807, 2.05) is 70.5 Å². The Bertz CT molecular complexity index is 1260. The van der Waals surface area contributed by atoms with Crippen LogP contribution < -0.4 is 0 Å². The fourth-order valence-corrected chi connectivity index (χ4v) is 3.48. The maximum atomic E-state index is 9.60. The fraction of sp³-hybridized carbons (Fsp3) is 0.258. The molecule has 3 nitrogen and oxygen atoms in total. The number of allylic oxidation sites excluding steroid dienone is 2. The van der Waals surface area contributed by atoms with Gasteiger partial charge in [0.25, 0.3) is 0 Å². The van der Waals surface area contributed by atoms with Crippen LogP contribution in [0.4, 0.5) is 0 Å². The summed E-state index contributed by atoms with van der Waals surface area (Å²) in [5.74, 6) is 0.417. The Kier molecular flexibility index (Phi) is 9.05. The number of aliphatic hydroxyl groups is 1. The van der Waals surface area contributed by atoms with Crippen LogP contribution in [-0.2, 0) is 20.1 Å². The molecule has 0 unspecified atom stereocenters. The second-order valence-electron chi connectivity index (χ2n) is 10.6. The van der Waals surface area contributed by atoms with E-state index in [-0.39, 0.29) is 42.5 Å². The molecule has 4 heteroatoms. The standard InChI is InChI=1S/C20H14N.C11H20O2.Ir/c1-21-14-13-18-17-10-6-5-7-15(17)11-12-19(18)20(21)16-8-3-2-4-9-16;1-10(2,3)8(12)7-9(13)11(4,5)6;/h2-8,10-14H,1H2;7,12H,1-6H3;/q-1;;/p+1/b;8-7-;. The minimum atomic E-state index is -0.306. The van der Waals surface area contributed by atoms with Crippen LogP contribution in [0.2, 0.25) is 0 Å². The summed E-state index contributed by atoms with van der Waals surface area (Å²) >= 11 is 0. The first kappa shape index (κ1) is 28.3. The third-order valence-electron chi connectivity index (χ3n) is 5.71. The second kappa shape index (κ2) is 11.2. The third-order valence-corrected chi connectivity index (χ3v) is 5.71. The topological polar surface area (TPSA) is 44.6 Å². The molecule has 0 saturated heterocycles. The van der Waals surface area contributed by atoms with Crippen molar-refractivity contribution in [2.75, 3.05) is 0 Å². The van der Waals surface area contributed by atoms with E-state index in [0.717, 1.165) is 11.6 Å². The maximum Gasteiger partial charge on any atom is 0.325 e. The molecule has 4 rings (SSSR count). The molecular formula is C31H35IrNO2. The Morgan fingerprint density at radius 2 is 1.63 bits per heavy atom. The van der Waals surface area contributed by atoms with E-state index in [9.17, 15) is 9.90 Å². The predicted octanol–water partition coefficient (Wildman–Crippen LogP) is 7.33. The van der Waals surface area contributed by atoms with Crippen LogP contribution in [0.25, 0.3) is 16.8 Å². The van der Waals surface area contributed by atoms with Crippen LogP contribution >= 0.6 is 0 Å². The molecule has 35 heavy (non-hydrogen) atoms. The monoisotopic (exact) mass is 646 g/mol. The average Bonchev–Trinajstić information content (AvgIpc) is 2.78. The molecule has 0 saturated carbocycles. The van der Waals surface area contributed by atoms with Crippen LogP contribution in [0.1, 0.15) is 58.2 Å². The SMILES string of the molecule is C=[N+]1C=Cc2c(ccc3ccccc23)[C-]1c1[c-]cccc1.CC(C)(C)C(=[OH+])/C=C(\O)C(C)(C)C.[Ir]. The summed E-state index contributed by atoms with van der Waals surface area (Å²) in [5, 5.41) is 12.1. The Hall–Kier alpha value is -2.94. The summed E-state index contributed by atoms with van der Waals surface area (Å²) in [6.45, 7) is 15.5. The zero-order valence-electron chi connectivity index (χ0n) is 21.4. The first-order valence-electron chi connectivity index (χ1n) is 11.5. The zero-order valence-corrected chi connectivity index (χ0v) is 23.8. The van der Waals surface area contributed by atoms with Gasteiger partial charge >= 0.3 is 5.78 Å². The summed E-state index contributed by atoms with van der Waals surface area (Å²) in [5.41, 5.74) is 2.90. The summed E-state index contributed by atoms with van der Waals surface area (Å²) in [7, 11) is 0. The van der Waals surface area contributed by atoms with Gasteiger partial charge in [-0.2, -0.15) is 0 Å². The van der Waals surface area contributed by atoms with Gasteiger partial charge in [0.05, 0.1) is 23.7 Å². The number of aliphatic hydroxyl groups excluding tert-OH is 1. The molecule has 3 aromatic carbocycles. The van der Waals surface area contributed by atoms with Crippen molar-refractivity contribution in [3.05, 3.63) is 107 Å². The fourth-order valence-electron chi connectivity index (χ4n) is 3.48. The molecule has 1 radical (unpaired) electrons. The van der Waals surface area contributed by atoms with Gasteiger partial charge in [-0.15, -0.1) is 42.0 Å². The predicted molar refractivity (Wildman–Crippen MR) is 144 cm³/mol. The number of carbonyl (C=O) groups excluding carboxylic acids is 1. The minimum Gasteiger partial charge on any atom is -0.511 e. The van der Waals surface area contributed by atoms with E-state index in [0.29, 0.717) is 0 Å².